The summed E-state index contributed by atoms with van der Waals surface area (Å²) >= 11 is 0. The predicted octanol–water partition coefficient (Wildman–Crippen LogP) is 14.9. The molecule has 0 fully saturated rings. The quantitative estimate of drug-likeness (QED) is 0.166. The van der Waals surface area contributed by atoms with Gasteiger partial charge in [-0.3, -0.25) is 0 Å². The van der Waals surface area contributed by atoms with Crippen LogP contribution in [-0.4, -0.2) is 0 Å². The number of nitrogens with zero attached hydrogens (tertiary/aromatic N) is 1. The Balaban J connectivity index is 1.12. The summed E-state index contributed by atoms with van der Waals surface area (Å²) in [6.45, 7) is 0. The van der Waals surface area contributed by atoms with Crippen LogP contribution in [0.4, 0.5) is 17.1 Å². The smallest absolute Gasteiger partial charge is 0.143 e. The summed E-state index contributed by atoms with van der Waals surface area (Å²) in [7, 11) is 0. The standard InChI is InChI=1S/C52H35NO/c1-4-15-36(16-5-1)37-27-31-41(32-28-37)53(49-25-13-12-21-43(49)38-17-6-2-7-18-38)42-33-29-40(30-34-42)44-24-14-26-50-51(44)48-35-47(39-19-8-3-9-20-39)45-22-10-11-23-46(45)52(48)54-50/h1-35H. The van der Waals surface area contributed by atoms with Crippen LogP contribution in [0.15, 0.2) is 217 Å². The molecular formula is C52H35NO. The molecule has 0 amide bonds. The zero-order valence-electron chi connectivity index (χ0n) is 29.6. The van der Waals surface area contributed by atoms with Crippen LogP contribution >= 0.6 is 0 Å². The van der Waals surface area contributed by atoms with Gasteiger partial charge in [-0.15, -0.1) is 0 Å². The van der Waals surface area contributed by atoms with Gasteiger partial charge < -0.3 is 9.32 Å². The molecule has 1 aromatic heterocycles. The van der Waals surface area contributed by atoms with Gasteiger partial charge in [0.1, 0.15) is 11.2 Å². The van der Waals surface area contributed by atoms with Gasteiger partial charge in [0.25, 0.3) is 0 Å². The molecule has 54 heavy (non-hydrogen) atoms. The number of para-hydroxylation sites is 1. The van der Waals surface area contributed by atoms with Gasteiger partial charge in [0.05, 0.1) is 5.69 Å². The fourth-order valence-electron chi connectivity index (χ4n) is 7.93. The number of fused-ring (bicyclic) bond motifs is 5. The molecule has 0 N–H and O–H groups in total. The van der Waals surface area contributed by atoms with Crippen LogP contribution in [0.25, 0.3) is 77.2 Å². The molecule has 0 aliphatic rings. The molecule has 0 spiro atoms. The van der Waals surface area contributed by atoms with E-state index in [-0.39, 0.29) is 0 Å². The maximum Gasteiger partial charge on any atom is 0.143 e. The third-order valence-corrected chi connectivity index (χ3v) is 10.5. The summed E-state index contributed by atoms with van der Waals surface area (Å²) in [5.74, 6) is 0. The third kappa shape index (κ3) is 5.53. The first-order chi connectivity index (χ1) is 26.8. The van der Waals surface area contributed by atoms with Crippen molar-refractivity contribution in [3.8, 4) is 44.5 Å². The minimum atomic E-state index is 0.888. The second-order valence-corrected chi connectivity index (χ2v) is 13.7. The molecule has 0 aliphatic heterocycles. The maximum absolute atomic E-state index is 6.68. The molecule has 0 aliphatic carbocycles. The van der Waals surface area contributed by atoms with Gasteiger partial charge in [-0.05, 0) is 86.8 Å². The highest BCUT2D eigenvalue weighted by Gasteiger charge is 2.20. The van der Waals surface area contributed by atoms with Gasteiger partial charge in [-0.25, -0.2) is 0 Å². The average molecular weight is 690 g/mol. The lowest BCUT2D eigenvalue weighted by atomic mass is 9.93. The molecule has 1 heterocycles. The fourth-order valence-corrected chi connectivity index (χ4v) is 7.93. The molecule has 254 valence electrons. The van der Waals surface area contributed by atoms with E-state index >= 15 is 0 Å². The first-order valence-electron chi connectivity index (χ1n) is 18.4. The molecule has 0 bridgehead atoms. The van der Waals surface area contributed by atoms with Crippen LogP contribution < -0.4 is 4.90 Å². The van der Waals surface area contributed by atoms with E-state index in [1.165, 1.54) is 38.8 Å². The van der Waals surface area contributed by atoms with E-state index in [4.69, 9.17) is 4.42 Å². The Bertz CT molecular complexity index is 2890. The summed E-state index contributed by atoms with van der Waals surface area (Å²) < 4.78 is 6.68. The zero-order valence-corrected chi connectivity index (χ0v) is 29.6. The summed E-state index contributed by atoms with van der Waals surface area (Å²) in [5.41, 5.74) is 14.5. The lowest BCUT2D eigenvalue weighted by molar-refractivity contribution is 0.673. The highest BCUT2D eigenvalue weighted by Crippen LogP contribution is 2.45. The van der Waals surface area contributed by atoms with Gasteiger partial charge in [0.2, 0.25) is 0 Å². The van der Waals surface area contributed by atoms with E-state index in [9.17, 15) is 0 Å². The second kappa shape index (κ2) is 13.4. The molecule has 0 radical (unpaired) electrons. The second-order valence-electron chi connectivity index (χ2n) is 13.7. The van der Waals surface area contributed by atoms with Crippen molar-refractivity contribution >= 4 is 49.8 Å². The van der Waals surface area contributed by atoms with Crippen molar-refractivity contribution in [2.24, 2.45) is 0 Å². The van der Waals surface area contributed by atoms with Crippen LogP contribution in [0.5, 0.6) is 0 Å². The predicted molar refractivity (Wildman–Crippen MR) is 228 cm³/mol. The first-order valence-corrected chi connectivity index (χ1v) is 18.4. The lowest BCUT2D eigenvalue weighted by Gasteiger charge is -2.28. The van der Waals surface area contributed by atoms with Crippen LogP contribution in [-0.2, 0) is 0 Å². The van der Waals surface area contributed by atoms with Gasteiger partial charge in [-0.1, -0.05) is 170 Å². The monoisotopic (exact) mass is 689 g/mol. The largest absolute Gasteiger partial charge is 0.455 e. The normalized spacial score (nSPS) is 11.3. The average Bonchev–Trinajstić information content (AvgIpc) is 3.64. The molecule has 0 atom stereocenters. The number of furan rings is 1. The number of benzene rings is 9. The molecule has 9 aromatic carbocycles. The van der Waals surface area contributed by atoms with E-state index in [2.05, 4.69) is 217 Å². The summed E-state index contributed by atoms with van der Waals surface area (Å²) in [5, 5.41) is 4.57. The number of hydrogen-bond donors (Lipinski definition) is 0. The molecule has 10 aromatic rings. The number of anilines is 3. The summed E-state index contributed by atoms with van der Waals surface area (Å²) in [6.07, 6.45) is 0. The minimum Gasteiger partial charge on any atom is -0.455 e. The Morgan fingerprint density at radius 3 is 1.46 bits per heavy atom. The van der Waals surface area contributed by atoms with Gasteiger partial charge in [0.15, 0.2) is 0 Å². The molecule has 0 unspecified atom stereocenters. The third-order valence-electron chi connectivity index (χ3n) is 10.5. The first kappa shape index (κ1) is 31.6. The molecule has 0 saturated heterocycles. The van der Waals surface area contributed by atoms with Crippen LogP contribution in [0, 0.1) is 0 Å². The lowest BCUT2D eigenvalue weighted by Crippen LogP contribution is -2.11. The zero-order chi connectivity index (χ0) is 35.8. The molecule has 10 rings (SSSR count). The van der Waals surface area contributed by atoms with E-state index in [1.54, 1.807) is 0 Å². The van der Waals surface area contributed by atoms with Gasteiger partial charge in [-0.2, -0.15) is 0 Å². The Morgan fingerprint density at radius 2 is 0.796 bits per heavy atom. The van der Waals surface area contributed by atoms with Crippen molar-refractivity contribution in [3.63, 3.8) is 0 Å². The maximum atomic E-state index is 6.68. The fraction of sp³-hybridized carbons (Fsp3) is 0. The molecule has 0 saturated carbocycles. The van der Waals surface area contributed by atoms with Crippen molar-refractivity contribution in [3.05, 3.63) is 212 Å². The Morgan fingerprint density at radius 1 is 0.315 bits per heavy atom. The van der Waals surface area contributed by atoms with E-state index in [0.717, 1.165) is 55.5 Å². The number of rotatable bonds is 7. The van der Waals surface area contributed by atoms with Crippen molar-refractivity contribution in [1.29, 1.82) is 0 Å². The minimum absolute atomic E-state index is 0.888. The van der Waals surface area contributed by atoms with Crippen LogP contribution in [0.3, 0.4) is 0 Å². The number of hydrogen-bond acceptors (Lipinski definition) is 2. The summed E-state index contributed by atoms with van der Waals surface area (Å²) in [4.78, 5) is 2.37. The van der Waals surface area contributed by atoms with Gasteiger partial charge in [0, 0.05) is 33.1 Å². The van der Waals surface area contributed by atoms with Crippen molar-refractivity contribution < 1.29 is 4.42 Å². The van der Waals surface area contributed by atoms with Crippen LogP contribution in [0.1, 0.15) is 0 Å². The van der Waals surface area contributed by atoms with Crippen molar-refractivity contribution in [2.45, 2.75) is 0 Å². The Labute approximate surface area is 314 Å². The Hall–Kier alpha value is -7.16. The summed E-state index contributed by atoms with van der Waals surface area (Å²) in [6, 6.07) is 75.7. The van der Waals surface area contributed by atoms with Crippen molar-refractivity contribution in [2.75, 3.05) is 4.90 Å². The molecule has 2 nitrogen and oxygen atoms in total. The van der Waals surface area contributed by atoms with Crippen molar-refractivity contribution in [1.82, 2.24) is 0 Å². The molecular weight excluding hydrogens is 655 g/mol. The highest BCUT2D eigenvalue weighted by molar-refractivity contribution is 6.22. The van der Waals surface area contributed by atoms with Crippen LogP contribution in [0.2, 0.25) is 0 Å². The molecule has 2 heteroatoms. The van der Waals surface area contributed by atoms with E-state index in [0.29, 0.717) is 0 Å². The highest BCUT2D eigenvalue weighted by atomic mass is 16.3. The topological polar surface area (TPSA) is 16.4 Å². The van der Waals surface area contributed by atoms with Gasteiger partial charge >= 0.3 is 0 Å². The van der Waals surface area contributed by atoms with E-state index < -0.39 is 0 Å². The SMILES string of the molecule is c1ccc(-c2ccc(N(c3ccc(-c4cccc5oc6c7ccccc7c(-c7ccccc7)cc6c45)cc3)c3ccccc3-c3ccccc3)cc2)cc1. The van der Waals surface area contributed by atoms with E-state index in [1.807, 2.05) is 0 Å². The Kier molecular flexibility index (Phi) is 7.85.